The lowest BCUT2D eigenvalue weighted by molar-refractivity contribution is -0.136. The Morgan fingerprint density at radius 2 is 1.68 bits per heavy atom. The average Bonchev–Trinajstić information content (AvgIpc) is 2.73. The topological polar surface area (TPSA) is 119 Å². The van der Waals surface area contributed by atoms with E-state index in [9.17, 15) is 18.0 Å². The van der Waals surface area contributed by atoms with Crippen LogP contribution >= 0.6 is 0 Å². The highest BCUT2D eigenvalue weighted by Gasteiger charge is 2.27. The van der Waals surface area contributed by atoms with Crippen molar-refractivity contribution >= 4 is 21.8 Å². The van der Waals surface area contributed by atoms with E-state index in [0.717, 1.165) is 0 Å². The van der Waals surface area contributed by atoms with E-state index < -0.39 is 10.0 Å². The maximum absolute atomic E-state index is 12.6. The van der Waals surface area contributed by atoms with Crippen LogP contribution in [0.5, 0.6) is 5.75 Å². The zero-order valence-electron chi connectivity index (χ0n) is 15.6. The van der Waals surface area contributed by atoms with Gasteiger partial charge in [0.1, 0.15) is 5.75 Å². The highest BCUT2D eigenvalue weighted by Crippen LogP contribution is 2.21. The van der Waals surface area contributed by atoms with Crippen LogP contribution in [0.1, 0.15) is 12.8 Å². The molecule has 2 aliphatic rings. The number of nitrogens with two attached hydrogens (primary N) is 1. The van der Waals surface area contributed by atoms with Gasteiger partial charge in [0.15, 0.2) is 6.61 Å². The molecule has 2 N–H and O–H groups in total. The molecule has 0 saturated carbocycles. The number of piperidine rings is 1. The molecule has 2 aliphatic heterocycles. The number of likely N-dealkylation sites (tertiary alicyclic amines) is 1. The Kier molecular flexibility index (Phi) is 6.53. The van der Waals surface area contributed by atoms with Gasteiger partial charge in [-0.2, -0.15) is 4.31 Å². The highest BCUT2D eigenvalue weighted by atomic mass is 32.2. The van der Waals surface area contributed by atoms with Crippen molar-refractivity contribution in [2.24, 2.45) is 11.7 Å². The average molecular weight is 411 g/mol. The summed E-state index contributed by atoms with van der Waals surface area (Å²) in [7, 11) is -3.55. The number of rotatable bonds is 6. The fourth-order valence-corrected chi connectivity index (χ4v) is 4.70. The molecular formula is C18H25N3O6S. The first-order valence-corrected chi connectivity index (χ1v) is 10.7. The number of nitrogens with zero attached hydrogens (tertiary/aromatic N) is 2. The minimum Gasteiger partial charge on any atom is -0.484 e. The first-order chi connectivity index (χ1) is 13.4. The fraction of sp³-hybridized carbons (Fsp3) is 0.556. The Labute approximate surface area is 164 Å². The van der Waals surface area contributed by atoms with Gasteiger partial charge >= 0.3 is 0 Å². The zero-order chi connectivity index (χ0) is 20.1. The van der Waals surface area contributed by atoms with Crippen LogP contribution in [0.2, 0.25) is 0 Å². The summed E-state index contributed by atoms with van der Waals surface area (Å²) in [4.78, 5) is 25.3. The quantitative estimate of drug-likeness (QED) is 0.693. The maximum atomic E-state index is 12.6. The van der Waals surface area contributed by atoms with Crippen molar-refractivity contribution in [3.8, 4) is 5.75 Å². The summed E-state index contributed by atoms with van der Waals surface area (Å²) in [5.41, 5.74) is 5.29. The summed E-state index contributed by atoms with van der Waals surface area (Å²) >= 11 is 0. The van der Waals surface area contributed by atoms with E-state index in [-0.39, 0.29) is 29.2 Å². The number of ether oxygens (including phenoxy) is 2. The Bertz CT molecular complexity index is 797. The van der Waals surface area contributed by atoms with Crippen LogP contribution in [0, 0.1) is 5.92 Å². The third kappa shape index (κ3) is 4.81. The Balaban J connectivity index is 1.52. The van der Waals surface area contributed by atoms with Crippen molar-refractivity contribution in [3.63, 3.8) is 0 Å². The summed E-state index contributed by atoms with van der Waals surface area (Å²) in [6.45, 7) is 2.26. The molecule has 9 nitrogen and oxygen atoms in total. The minimum atomic E-state index is -3.55. The van der Waals surface area contributed by atoms with E-state index in [1.807, 2.05) is 0 Å². The van der Waals surface area contributed by atoms with Crippen LogP contribution in [-0.2, 0) is 24.3 Å². The third-order valence-electron chi connectivity index (χ3n) is 5.04. The molecule has 1 aromatic carbocycles. The zero-order valence-corrected chi connectivity index (χ0v) is 16.4. The first kappa shape index (κ1) is 20.6. The summed E-state index contributed by atoms with van der Waals surface area (Å²) in [5.74, 6) is -0.254. The third-order valence-corrected chi connectivity index (χ3v) is 6.96. The molecule has 0 spiro atoms. The van der Waals surface area contributed by atoms with E-state index in [2.05, 4.69) is 0 Å². The molecule has 0 aromatic heterocycles. The molecule has 0 radical (unpaired) electrons. The van der Waals surface area contributed by atoms with Crippen LogP contribution in [0.15, 0.2) is 29.2 Å². The number of hydrogen-bond donors (Lipinski definition) is 1. The Hall–Kier alpha value is -2.17. The number of carbonyl (C=O) groups is 2. The smallest absolute Gasteiger partial charge is 0.260 e. The largest absolute Gasteiger partial charge is 0.484 e. The number of sulfonamides is 1. The van der Waals surface area contributed by atoms with Crippen LogP contribution in [-0.4, -0.2) is 75.4 Å². The van der Waals surface area contributed by atoms with Gasteiger partial charge in [-0.25, -0.2) is 8.42 Å². The predicted molar refractivity (Wildman–Crippen MR) is 100 cm³/mol. The van der Waals surface area contributed by atoms with Crippen LogP contribution < -0.4 is 10.5 Å². The molecule has 2 fully saturated rings. The molecule has 1 aromatic rings. The number of amides is 2. The molecule has 0 bridgehead atoms. The van der Waals surface area contributed by atoms with E-state index in [4.69, 9.17) is 15.2 Å². The molecule has 3 rings (SSSR count). The second-order valence-electron chi connectivity index (χ2n) is 6.83. The molecule has 2 heterocycles. The van der Waals surface area contributed by atoms with Crippen LogP contribution in [0.4, 0.5) is 0 Å². The summed E-state index contributed by atoms with van der Waals surface area (Å²) in [6.07, 6.45) is 1.13. The molecule has 2 amide bonds. The predicted octanol–water partition coefficient (Wildman–Crippen LogP) is -0.190. The molecule has 0 atom stereocenters. The van der Waals surface area contributed by atoms with Gasteiger partial charge in [0, 0.05) is 32.1 Å². The molecule has 0 aliphatic carbocycles. The van der Waals surface area contributed by atoms with Crippen LogP contribution in [0.25, 0.3) is 0 Å². The first-order valence-electron chi connectivity index (χ1n) is 9.26. The lowest BCUT2D eigenvalue weighted by atomic mass is 9.96. The van der Waals surface area contributed by atoms with Crippen molar-refractivity contribution in [1.29, 1.82) is 0 Å². The summed E-state index contributed by atoms with van der Waals surface area (Å²) < 4.78 is 37.2. The number of benzene rings is 1. The monoisotopic (exact) mass is 411 g/mol. The molecule has 154 valence electrons. The summed E-state index contributed by atoms with van der Waals surface area (Å²) in [5, 5.41) is 0. The number of carbonyl (C=O) groups excluding carboxylic acids is 2. The van der Waals surface area contributed by atoms with Gasteiger partial charge in [-0.15, -0.1) is 0 Å². The normalized spacial score (nSPS) is 19.4. The maximum Gasteiger partial charge on any atom is 0.260 e. The van der Waals surface area contributed by atoms with Crippen LogP contribution in [0.3, 0.4) is 0 Å². The van der Waals surface area contributed by atoms with Gasteiger partial charge in [0.2, 0.25) is 15.9 Å². The SMILES string of the molecule is NC(=O)C1CCN(C(=O)COc2ccc(S(=O)(=O)N3CCOCC3)cc2)CC1. The lowest BCUT2D eigenvalue weighted by Crippen LogP contribution is -2.43. The number of hydrogen-bond acceptors (Lipinski definition) is 6. The molecular weight excluding hydrogens is 386 g/mol. The van der Waals surface area contributed by atoms with E-state index in [1.165, 1.54) is 16.4 Å². The standard InChI is InChI=1S/C18H25N3O6S/c19-18(23)14-5-7-20(8-6-14)17(22)13-27-15-1-3-16(4-2-15)28(24,25)21-9-11-26-12-10-21/h1-4,14H,5-13H2,(H2,19,23). The second kappa shape index (κ2) is 8.89. The number of primary amides is 1. The van der Waals surface area contributed by atoms with E-state index >= 15 is 0 Å². The second-order valence-corrected chi connectivity index (χ2v) is 8.77. The van der Waals surface area contributed by atoms with Crippen molar-refractivity contribution < 1.29 is 27.5 Å². The minimum absolute atomic E-state index is 0.142. The Morgan fingerprint density at radius 1 is 1.07 bits per heavy atom. The van der Waals surface area contributed by atoms with Gasteiger partial charge in [0.25, 0.3) is 5.91 Å². The van der Waals surface area contributed by atoms with E-state index in [1.54, 1.807) is 17.0 Å². The highest BCUT2D eigenvalue weighted by molar-refractivity contribution is 7.89. The van der Waals surface area contributed by atoms with Crippen molar-refractivity contribution in [3.05, 3.63) is 24.3 Å². The van der Waals surface area contributed by atoms with Gasteiger partial charge in [-0.1, -0.05) is 0 Å². The fourth-order valence-electron chi connectivity index (χ4n) is 3.29. The van der Waals surface area contributed by atoms with Gasteiger partial charge in [0.05, 0.1) is 18.1 Å². The summed E-state index contributed by atoms with van der Waals surface area (Å²) in [6, 6.07) is 6.03. The lowest BCUT2D eigenvalue weighted by Gasteiger charge is -2.30. The molecule has 2 saturated heterocycles. The van der Waals surface area contributed by atoms with Gasteiger partial charge < -0.3 is 20.1 Å². The molecule has 0 unspecified atom stereocenters. The van der Waals surface area contributed by atoms with Crippen molar-refractivity contribution in [1.82, 2.24) is 9.21 Å². The van der Waals surface area contributed by atoms with E-state index in [0.29, 0.717) is 58.0 Å². The van der Waals surface area contributed by atoms with Gasteiger partial charge in [-0.3, -0.25) is 9.59 Å². The van der Waals surface area contributed by atoms with Crippen molar-refractivity contribution in [2.45, 2.75) is 17.7 Å². The molecule has 28 heavy (non-hydrogen) atoms. The molecule has 10 heteroatoms. The van der Waals surface area contributed by atoms with Gasteiger partial charge in [-0.05, 0) is 37.1 Å². The Morgan fingerprint density at radius 3 is 2.25 bits per heavy atom. The van der Waals surface area contributed by atoms with Crippen molar-refractivity contribution in [2.75, 3.05) is 46.0 Å². The number of morpholine rings is 1.